The Morgan fingerprint density at radius 1 is 1.36 bits per heavy atom. The fourth-order valence-electron chi connectivity index (χ4n) is 5.45. The number of phenols is 1. The summed E-state index contributed by atoms with van der Waals surface area (Å²) in [6.45, 7) is 0.857. The first-order chi connectivity index (χ1) is 10.4. The zero-order chi connectivity index (χ0) is 15.3. The van der Waals surface area contributed by atoms with Crippen LogP contribution in [0, 0.1) is 13.0 Å². The molecule has 5 rings (SSSR count). The van der Waals surface area contributed by atoms with Crippen molar-refractivity contribution in [2.24, 2.45) is 5.92 Å². The molecule has 6 unspecified atom stereocenters. The Labute approximate surface area is 130 Å². The molecule has 2 radical (unpaired) electrons. The maximum Gasteiger partial charge on any atom is 0.206 e. The number of likely N-dealkylation sites (tertiary alicyclic amines) is 1. The van der Waals surface area contributed by atoms with Gasteiger partial charge < -0.3 is 19.4 Å². The second-order valence-electron chi connectivity index (χ2n) is 7.52. The average molecular weight is 298 g/mol. The first-order valence-corrected chi connectivity index (χ1v) is 7.97. The van der Waals surface area contributed by atoms with Gasteiger partial charge in [-0.3, -0.25) is 0 Å². The van der Waals surface area contributed by atoms with Gasteiger partial charge in [-0.1, -0.05) is 18.2 Å². The van der Waals surface area contributed by atoms with Crippen molar-refractivity contribution in [3.05, 3.63) is 42.5 Å². The van der Waals surface area contributed by atoms with Gasteiger partial charge in [0.15, 0.2) is 11.5 Å². The molecule has 4 aliphatic rings. The van der Waals surface area contributed by atoms with Crippen molar-refractivity contribution >= 4 is 0 Å². The summed E-state index contributed by atoms with van der Waals surface area (Å²) in [5.41, 5.74) is 2.10. The van der Waals surface area contributed by atoms with E-state index in [1.807, 2.05) is 12.1 Å². The summed E-state index contributed by atoms with van der Waals surface area (Å²) in [5.74, 6) is 1.02. The van der Waals surface area contributed by atoms with E-state index in [-0.39, 0.29) is 29.2 Å². The third-order valence-electron chi connectivity index (χ3n) is 6.47. The maximum atomic E-state index is 10.5. The molecule has 2 N–H and O–H groups in total. The lowest BCUT2D eigenvalue weighted by molar-refractivity contribution is -0.903. The van der Waals surface area contributed by atoms with Crippen molar-refractivity contribution < 1.29 is 19.4 Å². The fourth-order valence-corrected chi connectivity index (χ4v) is 5.45. The highest BCUT2D eigenvalue weighted by atomic mass is 16.5. The molecule has 6 atom stereocenters. The van der Waals surface area contributed by atoms with E-state index in [0.717, 1.165) is 24.9 Å². The zero-order valence-electron chi connectivity index (χ0n) is 12.6. The number of aromatic hydroxyl groups is 1. The Morgan fingerprint density at radius 2 is 2.18 bits per heavy atom. The summed E-state index contributed by atoms with van der Waals surface area (Å²) in [6.07, 6.45) is 4.80. The summed E-state index contributed by atoms with van der Waals surface area (Å²) in [5, 5.41) is 20.7. The van der Waals surface area contributed by atoms with Crippen LogP contribution in [0.15, 0.2) is 24.3 Å². The number of ether oxygens (including phenoxy) is 1. The molecule has 4 heteroatoms. The molecular weight excluding hydrogens is 278 g/mol. The monoisotopic (exact) mass is 298 g/mol. The van der Waals surface area contributed by atoms with Crippen LogP contribution >= 0.6 is 0 Å². The predicted octanol–water partition coefficient (Wildman–Crippen LogP) is 1.38. The summed E-state index contributed by atoms with van der Waals surface area (Å²) >= 11 is 0. The summed E-state index contributed by atoms with van der Waals surface area (Å²) in [7, 11) is 8.66. The van der Waals surface area contributed by atoms with E-state index < -0.39 is 6.10 Å². The Bertz CT molecular complexity index is 711. The van der Waals surface area contributed by atoms with E-state index in [0.29, 0.717) is 10.2 Å². The van der Waals surface area contributed by atoms with Gasteiger partial charge in [0.05, 0.1) is 19.0 Å². The molecule has 4 nitrogen and oxygen atoms in total. The highest BCUT2D eigenvalue weighted by Gasteiger charge is 2.67. The van der Waals surface area contributed by atoms with E-state index in [1.165, 1.54) is 5.56 Å². The molecule has 1 aromatic carbocycles. The van der Waals surface area contributed by atoms with Gasteiger partial charge in [0.1, 0.15) is 18.2 Å². The number of hydrogen-bond donors (Lipinski definition) is 2. The van der Waals surface area contributed by atoms with Crippen LogP contribution in [0.1, 0.15) is 17.5 Å². The zero-order valence-corrected chi connectivity index (χ0v) is 12.6. The van der Waals surface area contributed by atoms with Gasteiger partial charge in [-0.05, 0) is 11.6 Å². The van der Waals surface area contributed by atoms with Crippen LogP contribution in [0.25, 0.3) is 0 Å². The molecule has 0 amide bonds. The normalized spacial score (nSPS) is 42.7. The second kappa shape index (κ2) is 3.69. The molecule has 2 bridgehead atoms. The molecule has 114 valence electrons. The number of aliphatic hydroxyl groups is 1. The van der Waals surface area contributed by atoms with E-state index >= 15 is 0 Å². The minimum Gasteiger partial charge on any atom is -0.504 e. The average Bonchev–Trinajstić information content (AvgIpc) is 2.84. The van der Waals surface area contributed by atoms with E-state index in [2.05, 4.69) is 13.1 Å². The van der Waals surface area contributed by atoms with Crippen LogP contribution in [0.5, 0.6) is 11.5 Å². The number of piperidine rings is 1. The SMILES string of the molecule is [CH][N+]1(C)CCC23c4c5ccc(O)c4OC2C(O)C=CC3C1C5. The highest BCUT2D eigenvalue weighted by molar-refractivity contribution is 5.61. The predicted molar refractivity (Wildman–Crippen MR) is 80.3 cm³/mol. The second-order valence-corrected chi connectivity index (χ2v) is 7.52. The molecule has 2 aliphatic carbocycles. The van der Waals surface area contributed by atoms with Gasteiger partial charge in [0, 0.05) is 24.3 Å². The molecule has 1 aromatic rings. The van der Waals surface area contributed by atoms with Gasteiger partial charge in [-0.25, -0.2) is 0 Å². The van der Waals surface area contributed by atoms with E-state index in [9.17, 15) is 10.2 Å². The Kier molecular flexibility index (Phi) is 2.17. The van der Waals surface area contributed by atoms with Gasteiger partial charge >= 0.3 is 0 Å². The molecule has 2 aliphatic heterocycles. The quantitative estimate of drug-likeness (QED) is 0.562. The molecule has 22 heavy (non-hydrogen) atoms. The summed E-state index contributed by atoms with van der Waals surface area (Å²) < 4.78 is 6.60. The van der Waals surface area contributed by atoms with Crippen molar-refractivity contribution in [3.8, 4) is 11.5 Å². The third-order valence-corrected chi connectivity index (χ3v) is 6.47. The molecule has 2 heterocycles. The molecule has 1 spiro atoms. The van der Waals surface area contributed by atoms with Crippen molar-refractivity contribution in [1.29, 1.82) is 0 Å². The molecule has 1 fully saturated rings. The van der Waals surface area contributed by atoms with Crippen molar-refractivity contribution in [1.82, 2.24) is 0 Å². The number of likely N-dealkylation sites (N-methyl/N-ethyl adjacent to an activating group) is 1. The largest absolute Gasteiger partial charge is 0.504 e. The van der Waals surface area contributed by atoms with Gasteiger partial charge in [0.25, 0.3) is 0 Å². The van der Waals surface area contributed by atoms with Crippen molar-refractivity contribution in [3.63, 3.8) is 0 Å². The number of phenolic OH excluding ortho intramolecular Hbond substituents is 1. The first kappa shape index (κ1) is 13.0. The smallest absolute Gasteiger partial charge is 0.206 e. The van der Waals surface area contributed by atoms with Gasteiger partial charge in [-0.2, -0.15) is 0 Å². The van der Waals surface area contributed by atoms with Crippen LogP contribution in [-0.2, 0) is 11.8 Å². The lowest BCUT2D eigenvalue weighted by atomic mass is 9.53. The van der Waals surface area contributed by atoms with Crippen molar-refractivity contribution in [2.75, 3.05) is 13.6 Å². The van der Waals surface area contributed by atoms with Crippen LogP contribution in [0.4, 0.5) is 0 Å². The van der Waals surface area contributed by atoms with Crippen LogP contribution in [-0.4, -0.2) is 46.5 Å². The number of quaternary nitrogens is 1. The highest BCUT2D eigenvalue weighted by Crippen LogP contribution is 2.63. The van der Waals surface area contributed by atoms with Crippen LogP contribution < -0.4 is 4.74 Å². The maximum absolute atomic E-state index is 10.5. The number of nitrogens with zero attached hydrogens (tertiary/aromatic N) is 1. The van der Waals surface area contributed by atoms with Crippen LogP contribution in [0.3, 0.4) is 0 Å². The fraction of sp³-hybridized carbons (Fsp3) is 0.500. The number of hydrogen-bond acceptors (Lipinski definition) is 3. The molecule has 1 saturated heterocycles. The third kappa shape index (κ3) is 1.24. The standard InChI is InChI=1S/C18H20NO3/c1-19(2)8-7-18-11-4-6-14(21)17(18)22-16-13(20)5-3-10(15(16)18)9-12(11)19/h1,3-6,11-12,14,17,20-21H,7-9H2,2H3/q+1. The molecular formula is C18H20NO3+. The first-order valence-electron chi connectivity index (χ1n) is 7.97. The van der Waals surface area contributed by atoms with Gasteiger partial charge in [0.2, 0.25) is 7.05 Å². The molecule has 0 aromatic heterocycles. The Balaban J connectivity index is 1.84. The van der Waals surface area contributed by atoms with Crippen LogP contribution in [0.2, 0.25) is 0 Å². The molecule has 0 saturated carbocycles. The van der Waals surface area contributed by atoms with E-state index in [4.69, 9.17) is 11.8 Å². The Hall–Kier alpha value is -1.52. The Morgan fingerprint density at radius 3 is 3.00 bits per heavy atom. The summed E-state index contributed by atoms with van der Waals surface area (Å²) in [6, 6.07) is 3.99. The van der Waals surface area contributed by atoms with Crippen molar-refractivity contribution in [2.45, 2.75) is 36.5 Å². The number of rotatable bonds is 0. The number of benzene rings is 1. The minimum absolute atomic E-state index is 0.183. The topological polar surface area (TPSA) is 49.7 Å². The minimum atomic E-state index is -0.635. The lowest BCUT2D eigenvalue weighted by Crippen LogP contribution is -2.69. The van der Waals surface area contributed by atoms with E-state index in [1.54, 1.807) is 6.07 Å². The lowest BCUT2D eigenvalue weighted by Gasteiger charge is -2.58. The summed E-state index contributed by atoms with van der Waals surface area (Å²) in [4.78, 5) is 0. The van der Waals surface area contributed by atoms with Gasteiger partial charge in [-0.15, -0.1) is 0 Å². The number of aliphatic hydroxyl groups excluding tert-OH is 1.